The molecule has 0 aliphatic carbocycles. The summed E-state index contributed by atoms with van der Waals surface area (Å²) in [7, 11) is 0. The maximum Gasteiger partial charge on any atom is 0.220 e. The Morgan fingerprint density at radius 3 is 2.56 bits per heavy atom. The topological polar surface area (TPSA) is 56.2 Å². The van der Waals surface area contributed by atoms with Crippen LogP contribution in [-0.4, -0.2) is 34.9 Å². The first-order valence-corrected chi connectivity index (χ1v) is 8.96. The van der Waals surface area contributed by atoms with Gasteiger partial charge in [0.05, 0.1) is 17.5 Å². The molecule has 2 aromatic rings. The number of carbonyl (C=O) groups is 1. The summed E-state index contributed by atoms with van der Waals surface area (Å²) in [6.45, 7) is 9.42. The number of aryl methyl sites for hydroxylation is 3. The molecule has 1 aromatic carbocycles. The second kappa shape index (κ2) is 9.37. The van der Waals surface area contributed by atoms with Crippen LogP contribution in [0, 0.1) is 13.8 Å². The quantitative estimate of drug-likeness (QED) is 0.710. The largest absolute Gasteiger partial charge is 0.379 e. The van der Waals surface area contributed by atoms with Crippen molar-refractivity contribution in [3.8, 4) is 5.69 Å². The molecule has 0 aliphatic heterocycles. The molecule has 25 heavy (non-hydrogen) atoms. The minimum absolute atomic E-state index is 0.0900. The fourth-order valence-corrected chi connectivity index (χ4v) is 2.66. The smallest absolute Gasteiger partial charge is 0.220 e. The van der Waals surface area contributed by atoms with Crippen molar-refractivity contribution >= 4 is 5.91 Å². The summed E-state index contributed by atoms with van der Waals surface area (Å²) in [6, 6.07) is 10.3. The summed E-state index contributed by atoms with van der Waals surface area (Å²) in [6.07, 6.45) is 2.34. The lowest BCUT2D eigenvalue weighted by molar-refractivity contribution is -0.121. The Labute approximate surface area is 150 Å². The molecule has 2 rings (SSSR count). The summed E-state index contributed by atoms with van der Waals surface area (Å²) < 4.78 is 7.39. The molecule has 0 saturated carbocycles. The average Bonchev–Trinajstić information content (AvgIpc) is 2.91. The molecule has 0 bridgehead atoms. The van der Waals surface area contributed by atoms with Crippen LogP contribution in [0.1, 0.15) is 43.6 Å². The highest BCUT2D eigenvalue weighted by Gasteiger charge is 2.05. The van der Waals surface area contributed by atoms with E-state index in [9.17, 15) is 4.79 Å². The number of rotatable bonds is 9. The van der Waals surface area contributed by atoms with E-state index in [0.717, 1.165) is 35.5 Å². The molecule has 0 fully saturated rings. The number of benzene rings is 1. The van der Waals surface area contributed by atoms with Crippen LogP contribution in [0.2, 0.25) is 0 Å². The third kappa shape index (κ3) is 6.35. The zero-order valence-electron chi connectivity index (χ0n) is 15.7. The van der Waals surface area contributed by atoms with Gasteiger partial charge in [-0.2, -0.15) is 5.10 Å². The van der Waals surface area contributed by atoms with E-state index in [-0.39, 0.29) is 12.0 Å². The predicted octanol–water partition coefficient (Wildman–Crippen LogP) is 3.35. The van der Waals surface area contributed by atoms with Gasteiger partial charge in [-0.3, -0.25) is 4.79 Å². The molecule has 0 atom stereocenters. The lowest BCUT2D eigenvalue weighted by Gasteiger charge is -2.09. The molecule has 5 nitrogen and oxygen atoms in total. The summed E-state index contributed by atoms with van der Waals surface area (Å²) in [4.78, 5) is 11.9. The zero-order valence-corrected chi connectivity index (χ0v) is 15.7. The average molecular weight is 343 g/mol. The van der Waals surface area contributed by atoms with Crippen LogP contribution in [0.3, 0.4) is 0 Å². The molecule has 136 valence electrons. The fourth-order valence-electron chi connectivity index (χ4n) is 2.66. The van der Waals surface area contributed by atoms with Crippen LogP contribution in [0.15, 0.2) is 30.3 Å². The second-order valence-electron chi connectivity index (χ2n) is 6.63. The van der Waals surface area contributed by atoms with E-state index >= 15 is 0 Å². The molecule has 0 aliphatic rings. The summed E-state index contributed by atoms with van der Waals surface area (Å²) in [5, 5.41) is 7.43. The van der Waals surface area contributed by atoms with E-state index in [0.29, 0.717) is 19.6 Å². The third-order valence-electron chi connectivity index (χ3n) is 3.93. The van der Waals surface area contributed by atoms with Crippen molar-refractivity contribution in [2.45, 2.75) is 53.1 Å². The van der Waals surface area contributed by atoms with Gasteiger partial charge in [0.1, 0.15) is 0 Å². The highest BCUT2D eigenvalue weighted by Crippen LogP contribution is 2.14. The van der Waals surface area contributed by atoms with E-state index in [2.05, 4.69) is 40.7 Å². The fraction of sp³-hybridized carbons (Fsp3) is 0.500. The van der Waals surface area contributed by atoms with Gasteiger partial charge in [-0.25, -0.2) is 4.68 Å². The van der Waals surface area contributed by atoms with Crippen molar-refractivity contribution < 1.29 is 9.53 Å². The minimum Gasteiger partial charge on any atom is -0.379 e. The molecule has 0 unspecified atom stereocenters. The molecule has 0 saturated heterocycles. The Kier molecular flexibility index (Phi) is 7.19. The summed E-state index contributed by atoms with van der Waals surface area (Å²) in [5.74, 6) is 0.0900. The lowest BCUT2D eigenvalue weighted by atomic mass is 10.1. The molecule has 5 heteroatoms. The number of hydrogen-bond acceptors (Lipinski definition) is 3. The number of nitrogens with one attached hydrogen (secondary N) is 1. The van der Waals surface area contributed by atoms with Crippen LogP contribution in [0.4, 0.5) is 0 Å². The van der Waals surface area contributed by atoms with E-state index in [4.69, 9.17) is 4.74 Å². The van der Waals surface area contributed by atoms with Gasteiger partial charge in [-0.05, 0) is 64.3 Å². The first-order valence-electron chi connectivity index (χ1n) is 8.96. The summed E-state index contributed by atoms with van der Waals surface area (Å²) in [5.41, 5.74) is 4.33. The number of nitrogens with zero attached hydrogens (tertiary/aromatic N) is 2. The second-order valence-corrected chi connectivity index (χ2v) is 6.63. The van der Waals surface area contributed by atoms with Gasteiger partial charge in [0.15, 0.2) is 0 Å². The Morgan fingerprint density at radius 1 is 1.24 bits per heavy atom. The van der Waals surface area contributed by atoms with Crippen molar-refractivity contribution in [1.82, 2.24) is 15.1 Å². The third-order valence-corrected chi connectivity index (χ3v) is 3.93. The Balaban J connectivity index is 1.74. The van der Waals surface area contributed by atoms with E-state index in [1.165, 1.54) is 0 Å². The Bertz CT molecular complexity index is 675. The highest BCUT2D eigenvalue weighted by atomic mass is 16.5. The Hall–Kier alpha value is -2.14. The number of carbonyl (C=O) groups excluding carboxylic acids is 1. The number of aromatic nitrogens is 2. The van der Waals surface area contributed by atoms with Gasteiger partial charge in [0.25, 0.3) is 0 Å². The molecule has 0 spiro atoms. The van der Waals surface area contributed by atoms with Crippen molar-refractivity contribution in [3.63, 3.8) is 0 Å². The van der Waals surface area contributed by atoms with E-state index in [1.54, 1.807) is 0 Å². The highest BCUT2D eigenvalue weighted by molar-refractivity contribution is 5.76. The molecule has 1 heterocycles. The van der Waals surface area contributed by atoms with E-state index < -0.39 is 0 Å². The lowest BCUT2D eigenvalue weighted by Crippen LogP contribution is -2.25. The van der Waals surface area contributed by atoms with Gasteiger partial charge in [-0.15, -0.1) is 0 Å². The monoisotopic (exact) mass is 343 g/mol. The standard InChI is InChI=1S/C20H29N3O2/c1-15(2)25-13-5-12-21-20(24)11-8-18-6-9-19(10-7-18)23-17(4)14-16(3)22-23/h6-7,9-10,14-15H,5,8,11-13H2,1-4H3,(H,21,24). The number of hydrogen-bond donors (Lipinski definition) is 1. The maximum atomic E-state index is 11.9. The van der Waals surface area contributed by atoms with Crippen LogP contribution in [0.25, 0.3) is 5.69 Å². The van der Waals surface area contributed by atoms with Crippen LogP contribution in [0.5, 0.6) is 0 Å². The zero-order chi connectivity index (χ0) is 18.2. The first kappa shape index (κ1) is 19.2. The molecular formula is C20H29N3O2. The van der Waals surface area contributed by atoms with Crippen molar-refractivity contribution in [2.24, 2.45) is 0 Å². The minimum atomic E-state index is 0.0900. The van der Waals surface area contributed by atoms with Crippen molar-refractivity contribution in [2.75, 3.05) is 13.2 Å². The summed E-state index contributed by atoms with van der Waals surface area (Å²) >= 11 is 0. The van der Waals surface area contributed by atoms with E-state index in [1.807, 2.05) is 32.4 Å². The van der Waals surface area contributed by atoms with Crippen LogP contribution < -0.4 is 5.32 Å². The number of amides is 1. The van der Waals surface area contributed by atoms with Gasteiger partial charge >= 0.3 is 0 Å². The normalized spacial score (nSPS) is 11.1. The predicted molar refractivity (Wildman–Crippen MR) is 100 cm³/mol. The first-order chi connectivity index (χ1) is 12.0. The molecule has 0 radical (unpaired) electrons. The van der Waals surface area contributed by atoms with Gasteiger partial charge in [-0.1, -0.05) is 12.1 Å². The number of ether oxygens (including phenoxy) is 1. The van der Waals surface area contributed by atoms with Gasteiger partial charge in [0.2, 0.25) is 5.91 Å². The van der Waals surface area contributed by atoms with Crippen molar-refractivity contribution in [1.29, 1.82) is 0 Å². The maximum absolute atomic E-state index is 11.9. The van der Waals surface area contributed by atoms with Gasteiger partial charge in [0, 0.05) is 25.3 Å². The SMILES string of the molecule is Cc1cc(C)n(-c2ccc(CCC(=O)NCCCOC(C)C)cc2)n1. The Morgan fingerprint density at radius 2 is 1.96 bits per heavy atom. The van der Waals surface area contributed by atoms with Crippen LogP contribution >= 0.6 is 0 Å². The van der Waals surface area contributed by atoms with Crippen LogP contribution in [-0.2, 0) is 16.0 Å². The molecule has 1 aromatic heterocycles. The van der Waals surface area contributed by atoms with Crippen molar-refractivity contribution in [3.05, 3.63) is 47.3 Å². The molecule has 1 amide bonds. The van der Waals surface area contributed by atoms with Gasteiger partial charge < -0.3 is 10.1 Å². The molecule has 1 N–H and O–H groups in total. The molecular weight excluding hydrogens is 314 g/mol.